The number of hydrogen-bond donors (Lipinski definition) is 1. The summed E-state index contributed by atoms with van der Waals surface area (Å²) in [7, 11) is 0. The Morgan fingerprint density at radius 3 is 2.33 bits per heavy atom. The van der Waals surface area contributed by atoms with Gasteiger partial charge >= 0.3 is 5.97 Å². The summed E-state index contributed by atoms with van der Waals surface area (Å²) in [6, 6.07) is 1.50. The Bertz CT molecular complexity index is 549. The fourth-order valence-corrected chi connectivity index (χ4v) is 2.06. The van der Waals surface area contributed by atoms with E-state index in [2.05, 4.69) is 0 Å². The van der Waals surface area contributed by atoms with E-state index in [1.807, 2.05) is 6.92 Å². The average molecular weight is 299 g/mol. The molecule has 0 radical (unpaired) electrons. The standard InChI is InChI=1S/C14H15F2NO4/c1-2-17(9-3-4-9)12(18)7-21-13-10(15)5-8(14(19)20)6-11(13)16/h5-6,9H,2-4,7H2,1H3,(H,19,20). The van der Waals surface area contributed by atoms with Gasteiger partial charge in [-0.1, -0.05) is 0 Å². The molecule has 0 saturated heterocycles. The maximum atomic E-state index is 13.6. The van der Waals surface area contributed by atoms with Crippen LogP contribution in [0.2, 0.25) is 0 Å². The summed E-state index contributed by atoms with van der Waals surface area (Å²) in [5.74, 6) is -4.81. The minimum absolute atomic E-state index is 0.190. The fraction of sp³-hybridized carbons (Fsp3) is 0.429. The minimum atomic E-state index is -1.44. The Kier molecular flexibility index (Phi) is 4.40. The molecule has 1 saturated carbocycles. The molecule has 21 heavy (non-hydrogen) atoms. The molecule has 0 aliphatic heterocycles. The summed E-state index contributed by atoms with van der Waals surface area (Å²) in [5.41, 5.74) is -0.517. The highest BCUT2D eigenvalue weighted by atomic mass is 19.1. The first-order valence-corrected chi connectivity index (χ1v) is 6.58. The number of nitrogens with zero attached hydrogens (tertiary/aromatic N) is 1. The number of carboxylic acid groups (broad SMARTS) is 1. The predicted molar refractivity (Wildman–Crippen MR) is 69.2 cm³/mol. The fourth-order valence-electron chi connectivity index (χ4n) is 2.06. The van der Waals surface area contributed by atoms with Gasteiger partial charge in [0.05, 0.1) is 5.56 Å². The lowest BCUT2D eigenvalue weighted by Crippen LogP contribution is -2.36. The van der Waals surface area contributed by atoms with Crippen molar-refractivity contribution in [2.75, 3.05) is 13.2 Å². The third kappa shape index (κ3) is 3.48. The lowest BCUT2D eigenvalue weighted by Gasteiger charge is -2.20. The molecular weight excluding hydrogens is 284 g/mol. The lowest BCUT2D eigenvalue weighted by atomic mass is 10.2. The molecule has 1 aromatic rings. The summed E-state index contributed by atoms with van der Waals surface area (Å²) in [5, 5.41) is 8.68. The van der Waals surface area contributed by atoms with Crippen LogP contribution in [0.5, 0.6) is 5.75 Å². The SMILES string of the molecule is CCN(C(=O)COc1c(F)cc(C(=O)O)cc1F)C1CC1. The van der Waals surface area contributed by atoms with Crippen LogP contribution in [0.3, 0.4) is 0 Å². The third-order valence-electron chi connectivity index (χ3n) is 3.23. The Morgan fingerprint density at radius 2 is 1.90 bits per heavy atom. The van der Waals surface area contributed by atoms with Crippen LogP contribution < -0.4 is 4.74 Å². The normalized spacial score (nSPS) is 13.9. The second-order valence-electron chi connectivity index (χ2n) is 4.77. The lowest BCUT2D eigenvalue weighted by molar-refractivity contribution is -0.133. The molecule has 0 atom stereocenters. The number of hydrogen-bond acceptors (Lipinski definition) is 3. The van der Waals surface area contributed by atoms with E-state index in [0.717, 1.165) is 12.8 Å². The molecule has 0 unspecified atom stereocenters. The van der Waals surface area contributed by atoms with Crippen molar-refractivity contribution in [3.05, 3.63) is 29.3 Å². The average Bonchev–Trinajstić information content (AvgIpc) is 3.22. The van der Waals surface area contributed by atoms with E-state index in [4.69, 9.17) is 9.84 Å². The number of carboxylic acids is 1. The first-order chi connectivity index (χ1) is 9.93. The second kappa shape index (κ2) is 6.07. The first kappa shape index (κ1) is 15.2. The Morgan fingerprint density at radius 1 is 1.33 bits per heavy atom. The number of likely N-dealkylation sites (N-methyl/N-ethyl adjacent to an activating group) is 1. The number of benzene rings is 1. The molecule has 5 nitrogen and oxygen atoms in total. The second-order valence-corrected chi connectivity index (χ2v) is 4.77. The van der Waals surface area contributed by atoms with E-state index < -0.39 is 35.5 Å². The largest absolute Gasteiger partial charge is 0.478 e. The van der Waals surface area contributed by atoms with Gasteiger partial charge in [0.2, 0.25) is 0 Å². The van der Waals surface area contributed by atoms with E-state index in [0.29, 0.717) is 18.7 Å². The number of carbonyl (C=O) groups excluding carboxylic acids is 1. The molecule has 2 rings (SSSR count). The Hall–Kier alpha value is -2.18. The zero-order valence-electron chi connectivity index (χ0n) is 11.4. The van der Waals surface area contributed by atoms with Crippen LogP contribution in [0.1, 0.15) is 30.1 Å². The molecule has 1 aliphatic rings. The van der Waals surface area contributed by atoms with Gasteiger partial charge in [0.1, 0.15) is 0 Å². The topological polar surface area (TPSA) is 66.8 Å². The highest BCUT2D eigenvalue weighted by molar-refractivity contribution is 5.87. The summed E-state index contributed by atoms with van der Waals surface area (Å²) in [6.45, 7) is 1.85. The molecule has 1 aromatic carbocycles. The van der Waals surface area contributed by atoms with Gasteiger partial charge in [0, 0.05) is 12.6 Å². The van der Waals surface area contributed by atoms with E-state index in [9.17, 15) is 18.4 Å². The van der Waals surface area contributed by atoms with Crippen LogP contribution in [0.4, 0.5) is 8.78 Å². The van der Waals surface area contributed by atoms with Gasteiger partial charge in [-0.3, -0.25) is 4.79 Å². The van der Waals surface area contributed by atoms with Crippen LogP contribution >= 0.6 is 0 Å². The van der Waals surface area contributed by atoms with Crippen molar-refractivity contribution in [2.45, 2.75) is 25.8 Å². The molecule has 7 heteroatoms. The van der Waals surface area contributed by atoms with Crippen molar-refractivity contribution in [3.63, 3.8) is 0 Å². The van der Waals surface area contributed by atoms with Gasteiger partial charge in [-0.25, -0.2) is 13.6 Å². The van der Waals surface area contributed by atoms with Crippen molar-refractivity contribution in [1.29, 1.82) is 0 Å². The van der Waals surface area contributed by atoms with Crippen LogP contribution in [-0.2, 0) is 4.79 Å². The molecular formula is C14H15F2NO4. The zero-order chi connectivity index (χ0) is 15.6. The number of halogens is 2. The maximum Gasteiger partial charge on any atom is 0.335 e. The van der Waals surface area contributed by atoms with Crippen LogP contribution in [-0.4, -0.2) is 41.1 Å². The number of ether oxygens (including phenoxy) is 1. The molecule has 114 valence electrons. The van der Waals surface area contributed by atoms with E-state index in [1.165, 1.54) is 0 Å². The highest BCUT2D eigenvalue weighted by Gasteiger charge is 2.31. The van der Waals surface area contributed by atoms with Gasteiger partial charge in [-0.2, -0.15) is 0 Å². The van der Waals surface area contributed by atoms with Gasteiger partial charge < -0.3 is 14.7 Å². The van der Waals surface area contributed by atoms with Crippen LogP contribution in [0.15, 0.2) is 12.1 Å². The van der Waals surface area contributed by atoms with Gasteiger partial charge in [0.25, 0.3) is 5.91 Å². The van der Waals surface area contributed by atoms with Crippen LogP contribution in [0, 0.1) is 11.6 Å². The van der Waals surface area contributed by atoms with Crippen LogP contribution in [0.25, 0.3) is 0 Å². The minimum Gasteiger partial charge on any atom is -0.478 e. The summed E-state index contributed by atoms with van der Waals surface area (Å²) < 4.78 is 32.1. The van der Waals surface area contributed by atoms with Gasteiger partial charge in [0.15, 0.2) is 24.0 Å². The maximum absolute atomic E-state index is 13.6. The van der Waals surface area contributed by atoms with Crippen molar-refractivity contribution in [1.82, 2.24) is 4.90 Å². The molecule has 1 fully saturated rings. The van der Waals surface area contributed by atoms with Crippen molar-refractivity contribution in [3.8, 4) is 5.75 Å². The number of carbonyl (C=O) groups is 2. The summed E-state index contributed by atoms with van der Waals surface area (Å²) in [6.07, 6.45) is 1.85. The Balaban J connectivity index is 2.06. The predicted octanol–water partition coefficient (Wildman–Crippen LogP) is 2.05. The van der Waals surface area contributed by atoms with Crippen molar-refractivity contribution < 1.29 is 28.2 Å². The molecule has 0 spiro atoms. The molecule has 1 aliphatic carbocycles. The molecule has 1 amide bonds. The quantitative estimate of drug-likeness (QED) is 0.873. The van der Waals surface area contributed by atoms with E-state index in [1.54, 1.807) is 4.90 Å². The smallest absolute Gasteiger partial charge is 0.335 e. The van der Waals surface area contributed by atoms with Crippen molar-refractivity contribution >= 4 is 11.9 Å². The zero-order valence-corrected chi connectivity index (χ0v) is 11.4. The monoisotopic (exact) mass is 299 g/mol. The molecule has 0 aromatic heterocycles. The number of amides is 1. The Labute approximate surface area is 120 Å². The highest BCUT2D eigenvalue weighted by Crippen LogP contribution is 2.27. The number of rotatable bonds is 6. The molecule has 1 N–H and O–H groups in total. The van der Waals surface area contributed by atoms with Gasteiger partial charge in [-0.15, -0.1) is 0 Å². The molecule has 0 bridgehead atoms. The first-order valence-electron chi connectivity index (χ1n) is 6.58. The molecule has 0 heterocycles. The van der Waals surface area contributed by atoms with Gasteiger partial charge in [-0.05, 0) is 31.9 Å². The van der Waals surface area contributed by atoms with Crippen molar-refractivity contribution in [2.24, 2.45) is 0 Å². The number of aromatic carboxylic acids is 1. The van der Waals surface area contributed by atoms with E-state index in [-0.39, 0.29) is 11.9 Å². The summed E-state index contributed by atoms with van der Waals surface area (Å²) >= 11 is 0. The third-order valence-corrected chi connectivity index (χ3v) is 3.23. The van der Waals surface area contributed by atoms with E-state index >= 15 is 0 Å². The summed E-state index contributed by atoms with van der Waals surface area (Å²) in [4.78, 5) is 24.1.